The van der Waals surface area contributed by atoms with Crippen molar-refractivity contribution in [3.05, 3.63) is 34.9 Å². The number of nitrogens with one attached hydrogen (secondary N) is 1. The second-order valence-electron chi connectivity index (χ2n) is 5.43. The predicted molar refractivity (Wildman–Crippen MR) is 77.4 cm³/mol. The molecular formula is C15H22ClNO2. The first kappa shape index (κ1) is 14.8. The molecule has 0 aromatic heterocycles. The maximum absolute atomic E-state index is 9.65. The van der Waals surface area contributed by atoms with E-state index in [0.29, 0.717) is 0 Å². The van der Waals surface area contributed by atoms with Crippen LogP contribution < -0.4 is 5.32 Å². The van der Waals surface area contributed by atoms with Crippen molar-refractivity contribution < 1.29 is 9.84 Å². The largest absolute Gasteiger partial charge is 0.396 e. The number of hydrogen-bond donors (Lipinski definition) is 2. The summed E-state index contributed by atoms with van der Waals surface area (Å²) in [5.74, 6) is 0. The van der Waals surface area contributed by atoms with Gasteiger partial charge in [-0.3, -0.25) is 0 Å². The molecule has 0 aliphatic carbocycles. The van der Waals surface area contributed by atoms with Gasteiger partial charge in [-0.2, -0.15) is 0 Å². The lowest BCUT2D eigenvalue weighted by Gasteiger charge is -2.36. The van der Waals surface area contributed by atoms with Crippen molar-refractivity contribution in [2.24, 2.45) is 5.41 Å². The Morgan fingerprint density at radius 1 is 1.42 bits per heavy atom. The molecule has 0 spiro atoms. The number of halogens is 1. The van der Waals surface area contributed by atoms with Gasteiger partial charge in [-0.05, 0) is 37.5 Å². The molecule has 0 saturated carbocycles. The molecule has 1 aromatic rings. The first-order valence-corrected chi connectivity index (χ1v) is 7.20. The average Bonchev–Trinajstić information content (AvgIpc) is 2.46. The second-order valence-corrected chi connectivity index (χ2v) is 5.86. The van der Waals surface area contributed by atoms with Crippen LogP contribution in [0.5, 0.6) is 0 Å². The zero-order chi connectivity index (χ0) is 13.7. The lowest BCUT2D eigenvalue weighted by atomic mass is 9.80. The van der Waals surface area contributed by atoms with E-state index in [1.807, 2.05) is 18.2 Å². The third kappa shape index (κ3) is 3.93. The summed E-state index contributed by atoms with van der Waals surface area (Å²) in [5.41, 5.74) is 1.14. The molecule has 1 heterocycles. The van der Waals surface area contributed by atoms with Crippen LogP contribution in [-0.2, 0) is 4.74 Å². The van der Waals surface area contributed by atoms with E-state index in [1.54, 1.807) is 0 Å². The third-order valence-electron chi connectivity index (χ3n) is 4.02. The summed E-state index contributed by atoms with van der Waals surface area (Å²) in [4.78, 5) is 0. The molecule has 1 aromatic carbocycles. The summed E-state index contributed by atoms with van der Waals surface area (Å²) >= 11 is 6.01. The predicted octanol–water partition coefficient (Wildman–Crippen LogP) is 2.78. The average molecular weight is 284 g/mol. The lowest BCUT2D eigenvalue weighted by molar-refractivity contribution is -0.0163. The van der Waals surface area contributed by atoms with E-state index in [2.05, 4.69) is 18.3 Å². The molecular weight excluding hydrogens is 262 g/mol. The maximum Gasteiger partial charge on any atom is 0.0501 e. The zero-order valence-electron chi connectivity index (χ0n) is 11.4. The number of hydrogen-bond acceptors (Lipinski definition) is 3. The monoisotopic (exact) mass is 283 g/mol. The van der Waals surface area contributed by atoms with E-state index < -0.39 is 0 Å². The normalized spacial score (nSPS) is 20.2. The van der Waals surface area contributed by atoms with Gasteiger partial charge in [0.25, 0.3) is 0 Å². The minimum atomic E-state index is -0.0366. The summed E-state index contributed by atoms with van der Waals surface area (Å²) < 4.78 is 5.38. The standard InChI is InChI=1S/C15H22ClNO2/c1-12(13-3-2-4-14(16)9-13)17-10-15(11-18)5-7-19-8-6-15/h2-4,9,12,17-18H,5-8,10-11H2,1H3. The molecule has 4 heteroatoms. The van der Waals surface area contributed by atoms with E-state index in [1.165, 1.54) is 5.56 Å². The lowest BCUT2D eigenvalue weighted by Crippen LogP contribution is -2.42. The number of benzene rings is 1. The molecule has 1 unspecified atom stereocenters. The summed E-state index contributed by atoms with van der Waals surface area (Å²) in [6, 6.07) is 8.12. The van der Waals surface area contributed by atoms with Crippen LogP contribution in [0.1, 0.15) is 31.4 Å². The fourth-order valence-corrected chi connectivity index (χ4v) is 2.66. The van der Waals surface area contributed by atoms with Crippen molar-refractivity contribution in [3.63, 3.8) is 0 Å². The molecule has 1 aliphatic heterocycles. The number of aliphatic hydroxyl groups is 1. The van der Waals surface area contributed by atoms with Gasteiger partial charge in [0.2, 0.25) is 0 Å². The highest BCUT2D eigenvalue weighted by Crippen LogP contribution is 2.30. The summed E-state index contributed by atoms with van der Waals surface area (Å²) in [5, 5.41) is 13.9. The quantitative estimate of drug-likeness (QED) is 0.873. The first-order valence-electron chi connectivity index (χ1n) is 6.83. The molecule has 0 radical (unpaired) electrons. The minimum absolute atomic E-state index is 0.0366. The Labute approximate surface area is 119 Å². The Morgan fingerprint density at radius 2 is 2.16 bits per heavy atom. The molecule has 19 heavy (non-hydrogen) atoms. The Morgan fingerprint density at radius 3 is 2.79 bits per heavy atom. The molecule has 0 bridgehead atoms. The van der Waals surface area contributed by atoms with Crippen molar-refractivity contribution in [1.29, 1.82) is 0 Å². The summed E-state index contributed by atoms with van der Waals surface area (Å²) in [7, 11) is 0. The smallest absolute Gasteiger partial charge is 0.0501 e. The van der Waals surface area contributed by atoms with Crippen molar-refractivity contribution >= 4 is 11.6 Å². The molecule has 1 atom stereocenters. The van der Waals surface area contributed by atoms with Gasteiger partial charge >= 0.3 is 0 Å². The van der Waals surface area contributed by atoms with Crippen molar-refractivity contribution in [3.8, 4) is 0 Å². The van der Waals surface area contributed by atoms with E-state index in [9.17, 15) is 5.11 Å². The number of aliphatic hydroxyl groups excluding tert-OH is 1. The van der Waals surface area contributed by atoms with Gasteiger partial charge in [-0.1, -0.05) is 23.7 Å². The number of rotatable bonds is 5. The van der Waals surface area contributed by atoms with Gasteiger partial charge in [0.05, 0.1) is 6.61 Å². The van der Waals surface area contributed by atoms with Crippen LogP contribution in [0.25, 0.3) is 0 Å². The molecule has 1 saturated heterocycles. The molecule has 1 aliphatic rings. The molecule has 3 nitrogen and oxygen atoms in total. The van der Waals surface area contributed by atoms with Crippen molar-refractivity contribution in [1.82, 2.24) is 5.32 Å². The van der Waals surface area contributed by atoms with E-state index in [0.717, 1.165) is 37.6 Å². The van der Waals surface area contributed by atoms with E-state index >= 15 is 0 Å². The van der Waals surface area contributed by atoms with Crippen LogP contribution in [-0.4, -0.2) is 31.5 Å². The van der Waals surface area contributed by atoms with Gasteiger partial charge in [0.15, 0.2) is 0 Å². The van der Waals surface area contributed by atoms with Crippen LogP contribution in [0.15, 0.2) is 24.3 Å². The Hall–Kier alpha value is -0.610. The van der Waals surface area contributed by atoms with Crippen molar-refractivity contribution in [2.75, 3.05) is 26.4 Å². The SMILES string of the molecule is CC(NCC1(CO)CCOCC1)c1cccc(Cl)c1. The van der Waals surface area contributed by atoms with Crippen LogP contribution in [0.2, 0.25) is 5.02 Å². The van der Waals surface area contributed by atoms with Crippen LogP contribution in [0, 0.1) is 5.41 Å². The second kappa shape index (κ2) is 6.71. The van der Waals surface area contributed by atoms with Crippen molar-refractivity contribution in [2.45, 2.75) is 25.8 Å². The molecule has 0 amide bonds. The zero-order valence-corrected chi connectivity index (χ0v) is 12.1. The van der Waals surface area contributed by atoms with Gasteiger partial charge < -0.3 is 15.2 Å². The van der Waals surface area contributed by atoms with E-state index in [4.69, 9.17) is 16.3 Å². The van der Waals surface area contributed by atoms with Gasteiger partial charge in [0.1, 0.15) is 0 Å². The number of ether oxygens (including phenoxy) is 1. The fourth-order valence-electron chi connectivity index (χ4n) is 2.46. The summed E-state index contributed by atoms with van der Waals surface area (Å²) in [6.45, 7) is 4.63. The van der Waals surface area contributed by atoms with Crippen LogP contribution in [0.3, 0.4) is 0 Å². The highest BCUT2D eigenvalue weighted by atomic mass is 35.5. The Bertz CT molecular complexity index is 405. The fraction of sp³-hybridized carbons (Fsp3) is 0.600. The molecule has 2 rings (SSSR count). The van der Waals surface area contributed by atoms with Gasteiger partial charge in [-0.25, -0.2) is 0 Å². The molecule has 2 N–H and O–H groups in total. The topological polar surface area (TPSA) is 41.5 Å². The minimum Gasteiger partial charge on any atom is -0.396 e. The van der Waals surface area contributed by atoms with Gasteiger partial charge in [-0.15, -0.1) is 0 Å². The third-order valence-corrected chi connectivity index (χ3v) is 4.26. The Kier molecular flexibility index (Phi) is 5.22. The van der Waals surface area contributed by atoms with Gasteiger partial charge in [0, 0.05) is 36.2 Å². The Balaban J connectivity index is 1.93. The molecule has 1 fully saturated rings. The summed E-state index contributed by atoms with van der Waals surface area (Å²) in [6.07, 6.45) is 1.83. The maximum atomic E-state index is 9.65. The van der Waals surface area contributed by atoms with Crippen LogP contribution >= 0.6 is 11.6 Å². The highest BCUT2D eigenvalue weighted by Gasteiger charge is 2.32. The molecule has 106 valence electrons. The van der Waals surface area contributed by atoms with E-state index in [-0.39, 0.29) is 18.1 Å². The first-order chi connectivity index (χ1) is 9.15. The van der Waals surface area contributed by atoms with Crippen LogP contribution in [0.4, 0.5) is 0 Å². The highest BCUT2D eigenvalue weighted by molar-refractivity contribution is 6.30.